The quantitative estimate of drug-likeness (QED) is 0.744. The van der Waals surface area contributed by atoms with Crippen LogP contribution in [0, 0.1) is 0 Å². The lowest BCUT2D eigenvalue weighted by molar-refractivity contribution is -0.117. The molecule has 1 atom stereocenters. The van der Waals surface area contributed by atoms with Gasteiger partial charge in [-0.3, -0.25) is 4.79 Å². The summed E-state index contributed by atoms with van der Waals surface area (Å²) in [5.74, 6) is -1.64. The molecule has 1 rings (SSSR count). The predicted molar refractivity (Wildman–Crippen MR) is 76.5 cm³/mol. The highest BCUT2D eigenvalue weighted by Gasteiger charge is 2.18. The number of halogens is 2. The first-order valence-corrected chi connectivity index (χ1v) is 6.40. The standard InChI is InChI=1S/C12H14Cl2N2O4/c1-20-3-2-9(15)11(17)16-10-7(13)4-6(12(18)19)5-8(10)14/h4-5,9H,2-3,15H2,1H3,(H,16,17)(H,18,19). The van der Waals surface area contributed by atoms with Crippen molar-refractivity contribution in [2.45, 2.75) is 12.5 Å². The highest BCUT2D eigenvalue weighted by Crippen LogP contribution is 2.32. The lowest BCUT2D eigenvalue weighted by atomic mass is 10.2. The number of amides is 1. The molecule has 110 valence electrons. The van der Waals surface area contributed by atoms with E-state index in [1.807, 2.05) is 0 Å². The number of carboxylic acid groups (broad SMARTS) is 1. The number of nitrogens with one attached hydrogen (secondary N) is 1. The van der Waals surface area contributed by atoms with Crippen molar-refractivity contribution in [3.63, 3.8) is 0 Å². The Bertz CT molecular complexity index is 499. The first kappa shape index (κ1) is 16.7. The lowest BCUT2D eigenvalue weighted by Gasteiger charge is -2.14. The second-order valence-electron chi connectivity index (χ2n) is 4.00. The third-order valence-corrected chi connectivity index (χ3v) is 3.10. The van der Waals surface area contributed by atoms with Crippen LogP contribution in [-0.4, -0.2) is 36.7 Å². The van der Waals surface area contributed by atoms with Gasteiger partial charge in [0.2, 0.25) is 5.91 Å². The number of benzene rings is 1. The van der Waals surface area contributed by atoms with Gasteiger partial charge < -0.3 is 20.9 Å². The van der Waals surface area contributed by atoms with E-state index in [2.05, 4.69) is 5.32 Å². The van der Waals surface area contributed by atoms with Gasteiger partial charge in [-0.15, -0.1) is 0 Å². The Balaban J connectivity index is 2.87. The maximum absolute atomic E-state index is 11.8. The number of methoxy groups -OCH3 is 1. The number of anilines is 1. The molecule has 0 heterocycles. The zero-order valence-corrected chi connectivity index (χ0v) is 12.2. The summed E-state index contributed by atoms with van der Waals surface area (Å²) in [6.45, 7) is 0.341. The molecule has 1 unspecified atom stereocenters. The second-order valence-corrected chi connectivity index (χ2v) is 4.81. The van der Waals surface area contributed by atoms with E-state index in [1.54, 1.807) is 0 Å². The molecule has 1 aromatic rings. The Hall–Kier alpha value is -1.34. The first-order valence-electron chi connectivity index (χ1n) is 5.64. The highest BCUT2D eigenvalue weighted by molar-refractivity contribution is 6.40. The number of hydrogen-bond donors (Lipinski definition) is 3. The molecule has 0 fully saturated rings. The summed E-state index contributed by atoms with van der Waals surface area (Å²) in [7, 11) is 1.50. The zero-order chi connectivity index (χ0) is 15.3. The molecule has 0 aliphatic heterocycles. The summed E-state index contributed by atoms with van der Waals surface area (Å²) in [5.41, 5.74) is 5.72. The highest BCUT2D eigenvalue weighted by atomic mass is 35.5. The number of carbonyl (C=O) groups excluding carboxylic acids is 1. The number of carbonyl (C=O) groups is 2. The van der Waals surface area contributed by atoms with Gasteiger partial charge in [-0.05, 0) is 18.6 Å². The first-order chi connectivity index (χ1) is 9.36. The van der Waals surface area contributed by atoms with E-state index in [-0.39, 0.29) is 21.3 Å². The fourth-order valence-electron chi connectivity index (χ4n) is 1.41. The van der Waals surface area contributed by atoms with E-state index in [4.69, 9.17) is 38.8 Å². The molecule has 6 nitrogen and oxygen atoms in total. The number of rotatable bonds is 6. The van der Waals surface area contributed by atoms with Gasteiger partial charge in [0, 0.05) is 13.7 Å². The molecule has 20 heavy (non-hydrogen) atoms. The van der Waals surface area contributed by atoms with Crippen LogP contribution in [0.3, 0.4) is 0 Å². The van der Waals surface area contributed by atoms with Crippen LogP contribution in [0.15, 0.2) is 12.1 Å². The Labute approximate surface area is 125 Å². The summed E-state index contributed by atoms with van der Waals surface area (Å²) in [6.07, 6.45) is 0.338. The molecular formula is C12H14Cl2N2O4. The number of aromatic carboxylic acids is 1. The van der Waals surface area contributed by atoms with E-state index in [1.165, 1.54) is 19.2 Å². The topological polar surface area (TPSA) is 102 Å². The minimum atomic E-state index is -1.16. The van der Waals surface area contributed by atoms with Crippen molar-refractivity contribution in [1.29, 1.82) is 0 Å². The van der Waals surface area contributed by atoms with Gasteiger partial charge in [0.05, 0.1) is 27.3 Å². The Morgan fingerprint density at radius 2 is 1.95 bits per heavy atom. The van der Waals surface area contributed by atoms with Crippen LogP contribution in [0.1, 0.15) is 16.8 Å². The van der Waals surface area contributed by atoms with Gasteiger partial charge in [0.1, 0.15) is 0 Å². The van der Waals surface area contributed by atoms with Crippen molar-refractivity contribution in [2.24, 2.45) is 5.73 Å². The third kappa shape index (κ3) is 4.35. The summed E-state index contributed by atoms with van der Waals surface area (Å²) >= 11 is 11.8. The molecule has 8 heteroatoms. The van der Waals surface area contributed by atoms with Gasteiger partial charge in [0.25, 0.3) is 0 Å². The predicted octanol–water partition coefficient (Wildman–Crippen LogP) is 1.99. The van der Waals surface area contributed by atoms with Gasteiger partial charge >= 0.3 is 5.97 Å². The Kier molecular flexibility index (Phi) is 6.22. The molecular weight excluding hydrogens is 307 g/mol. The van der Waals surface area contributed by atoms with Crippen molar-refractivity contribution in [3.05, 3.63) is 27.7 Å². The Morgan fingerprint density at radius 3 is 2.40 bits per heavy atom. The maximum atomic E-state index is 11.8. The van der Waals surface area contributed by atoms with E-state index < -0.39 is 17.9 Å². The van der Waals surface area contributed by atoms with Gasteiger partial charge in [-0.1, -0.05) is 23.2 Å². The lowest BCUT2D eigenvalue weighted by Crippen LogP contribution is -2.36. The minimum Gasteiger partial charge on any atom is -0.478 e. The summed E-state index contributed by atoms with van der Waals surface area (Å²) in [6, 6.07) is 1.62. The van der Waals surface area contributed by atoms with Gasteiger partial charge in [-0.25, -0.2) is 4.79 Å². The molecule has 0 aromatic heterocycles. The molecule has 4 N–H and O–H groups in total. The van der Waals surface area contributed by atoms with Gasteiger partial charge in [0.15, 0.2) is 0 Å². The van der Waals surface area contributed by atoms with Crippen molar-refractivity contribution in [3.8, 4) is 0 Å². The molecule has 1 aromatic carbocycles. The van der Waals surface area contributed by atoms with Crippen LogP contribution in [0.5, 0.6) is 0 Å². The molecule has 0 radical (unpaired) electrons. The fraction of sp³-hybridized carbons (Fsp3) is 0.333. The van der Waals surface area contributed by atoms with Crippen LogP contribution < -0.4 is 11.1 Å². The van der Waals surface area contributed by atoms with Crippen LogP contribution in [0.4, 0.5) is 5.69 Å². The van der Waals surface area contributed by atoms with E-state index >= 15 is 0 Å². The summed E-state index contributed by atoms with van der Waals surface area (Å²) in [4.78, 5) is 22.6. The fourth-order valence-corrected chi connectivity index (χ4v) is 1.99. The average Bonchev–Trinajstić information content (AvgIpc) is 2.39. The summed E-state index contributed by atoms with van der Waals surface area (Å²) < 4.78 is 4.83. The monoisotopic (exact) mass is 320 g/mol. The van der Waals surface area contributed by atoms with Crippen molar-refractivity contribution in [1.82, 2.24) is 0 Å². The average molecular weight is 321 g/mol. The normalized spacial score (nSPS) is 12.0. The molecule has 0 saturated carbocycles. The largest absolute Gasteiger partial charge is 0.478 e. The van der Waals surface area contributed by atoms with Gasteiger partial charge in [-0.2, -0.15) is 0 Å². The smallest absolute Gasteiger partial charge is 0.335 e. The van der Waals surface area contributed by atoms with Crippen LogP contribution in [-0.2, 0) is 9.53 Å². The molecule has 0 saturated heterocycles. The van der Waals surface area contributed by atoms with E-state index in [9.17, 15) is 9.59 Å². The zero-order valence-electron chi connectivity index (χ0n) is 10.7. The van der Waals surface area contributed by atoms with Crippen molar-refractivity contribution < 1.29 is 19.4 Å². The van der Waals surface area contributed by atoms with E-state index in [0.29, 0.717) is 13.0 Å². The molecule has 0 aliphatic carbocycles. The number of carboxylic acids is 1. The van der Waals surface area contributed by atoms with Crippen LogP contribution in [0.25, 0.3) is 0 Å². The second kappa shape index (κ2) is 7.44. The number of ether oxygens (including phenoxy) is 1. The van der Waals surface area contributed by atoms with Crippen LogP contribution in [0.2, 0.25) is 10.0 Å². The van der Waals surface area contributed by atoms with E-state index in [0.717, 1.165) is 0 Å². The third-order valence-electron chi connectivity index (χ3n) is 2.51. The minimum absolute atomic E-state index is 0.0298. The SMILES string of the molecule is COCCC(N)C(=O)Nc1c(Cl)cc(C(=O)O)cc1Cl. The maximum Gasteiger partial charge on any atom is 0.335 e. The van der Waals surface area contributed by atoms with Crippen molar-refractivity contribution in [2.75, 3.05) is 19.0 Å². The molecule has 0 bridgehead atoms. The molecule has 0 spiro atoms. The number of nitrogens with two attached hydrogens (primary N) is 1. The molecule has 0 aliphatic rings. The summed E-state index contributed by atoms with van der Waals surface area (Å²) in [5, 5.41) is 11.4. The number of hydrogen-bond acceptors (Lipinski definition) is 4. The molecule has 1 amide bonds. The Morgan fingerprint density at radius 1 is 1.40 bits per heavy atom. The van der Waals surface area contributed by atoms with Crippen LogP contribution >= 0.6 is 23.2 Å². The van der Waals surface area contributed by atoms with Crippen molar-refractivity contribution >= 4 is 40.8 Å².